The molecule has 4 heterocycles. The molecule has 10 atom stereocenters. The number of hydrogen-bond donors (Lipinski definition) is 9. The Balaban J connectivity index is 1.36. The zero-order valence-electron chi connectivity index (χ0n) is 30.4. The summed E-state index contributed by atoms with van der Waals surface area (Å²) in [6.45, 7) is -0.877. The minimum atomic E-state index is -1.83. The van der Waals surface area contributed by atoms with Gasteiger partial charge in [0.05, 0.1) is 31.5 Å². The van der Waals surface area contributed by atoms with E-state index >= 15 is 0 Å². The van der Waals surface area contributed by atoms with Gasteiger partial charge in [0.1, 0.15) is 55.8 Å². The average molecular weight is 790 g/mol. The van der Waals surface area contributed by atoms with Gasteiger partial charge in [-0.3, -0.25) is 30.8 Å². The van der Waals surface area contributed by atoms with Crippen LogP contribution in [0, 0.1) is 0 Å². The van der Waals surface area contributed by atoms with Crippen LogP contribution in [0.5, 0.6) is 11.5 Å². The molecule has 4 aliphatic heterocycles. The summed E-state index contributed by atoms with van der Waals surface area (Å²) in [5.41, 5.74) is 7.83. The molecule has 10 unspecified atom stereocenters. The zero-order valence-corrected chi connectivity index (χ0v) is 30.4. The number of nitrogens with one attached hydrogen (secondary N) is 3. The summed E-state index contributed by atoms with van der Waals surface area (Å²) < 4.78 is 24.7. The summed E-state index contributed by atoms with van der Waals surface area (Å²) in [5.74, 6) is -2.74. The molecule has 3 fully saturated rings. The highest BCUT2D eigenvalue weighted by Crippen LogP contribution is 2.49. The van der Waals surface area contributed by atoms with E-state index in [0.717, 1.165) is 0 Å². The minimum Gasteiger partial charge on any atom is -0.486 e. The Bertz CT molecular complexity index is 2080. The molecular formula is C39H43N5O13. The fraction of sp³-hybridized carbons (Fsp3) is 0.436. The molecule has 2 bridgehead atoms. The van der Waals surface area contributed by atoms with Crippen LogP contribution in [0.3, 0.4) is 0 Å². The molecule has 0 saturated carbocycles. The Kier molecular flexibility index (Phi) is 10.8. The molecule has 18 nitrogen and oxygen atoms in total. The molecule has 57 heavy (non-hydrogen) atoms. The van der Waals surface area contributed by atoms with E-state index in [1.54, 1.807) is 6.07 Å². The van der Waals surface area contributed by atoms with E-state index in [4.69, 9.17) is 24.7 Å². The molecule has 8 rings (SSSR count). The lowest BCUT2D eigenvalue weighted by Crippen LogP contribution is -2.70. The van der Waals surface area contributed by atoms with Gasteiger partial charge in [0.25, 0.3) is 0 Å². The number of rotatable bonds is 8. The molecule has 0 spiro atoms. The quantitative estimate of drug-likeness (QED) is 0.0878. The number of aldehydes is 1. The SMILES string of the molecule is NC1NC(=O)C2NCN(c3ccccc3C3CCOCC4OC(Oc5c3cc3c(c5OCC(O)CC=O)C(=O)c5cc(CO)ccc5C3=O)C(O)C(O)C4O)C2N1. The van der Waals surface area contributed by atoms with E-state index < -0.39 is 86.0 Å². The number of aliphatic hydroxyl groups excluding tert-OH is 5. The summed E-state index contributed by atoms with van der Waals surface area (Å²) in [4.78, 5) is 55.2. The number of nitrogens with two attached hydrogens (primary N) is 1. The van der Waals surface area contributed by atoms with Crippen molar-refractivity contribution < 1.29 is 63.7 Å². The van der Waals surface area contributed by atoms with Gasteiger partial charge in [-0.2, -0.15) is 0 Å². The second-order valence-electron chi connectivity index (χ2n) is 14.6. The van der Waals surface area contributed by atoms with Crippen LogP contribution < -0.4 is 36.1 Å². The standard InChI is InChI=1S/C39H43N5O13/c40-39-42-36-28(37(53)43-39)41-16-44(36)25-4-2-1-3-20(25)19-8-10-54-15-26-31(50)32(51)33(52)38(56-26)57-34-23(19)12-24-27(35(34)55-14-18(47)7-9-45)30(49)22-11-17(13-46)5-6-21(22)29(24)48/h1-6,9,11-12,18-19,26,28,31-33,36,38-39,41-42,46-47,50-52H,7-8,10,13-16,40H2,(H,43,53). The number of amides is 1. The lowest BCUT2D eigenvalue weighted by atomic mass is 9.78. The number of carbonyl (C=O) groups is 4. The molecule has 1 amide bonds. The average Bonchev–Trinajstić information content (AvgIpc) is 3.62. The van der Waals surface area contributed by atoms with Gasteiger partial charge < -0.3 is 59.5 Å². The van der Waals surface area contributed by atoms with Crippen molar-refractivity contribution in [3.8, 4) is 11.5 Å². The fourth-order valence-electron chi connectivity index (χ4n) is 8.20. The number of carbonyl (C=O) groups excluding carboxylic acids is 4. The predicted octanol–water partition coefficient (Wildman–Crippen LogP) is -1.95. The summed E-state index contributed by atoms with van der Waals surface area (Å²) >= 11 is 0. The van der Waals surface area contributed by atoms with Crippen LogP contribution in [0.1, 0.15) is 67.3 Å². The lowest BCUT2D eigenvalue weighted by Gasteiger charge is -2.40. The van der Waals surface area contributed by atoms with E-state index in [9.17, 15) is 44.7 Å². The molecule has 5 aliphatic rings. The first-order chi connectivity index (χ1) is 27.5. The third-order valence-electron chi connectivity index (χ3n) is 11.1. The van der Waals surface area contributed by atoms with Crippen molar-refractivity contribution >= 4 is 29.4 Å². The van der Waals surface area contributed by atoms with E-state index in [0.29, 0.717) is 23.1 Å². The van der Waals surface area contributed by atoms with Gasteiger partial charge in [0.2, 0.25) is 12.2 Å². The summed E-state index contributed by atoms with van der Waals surface area (Å²) in [7, 11) is 0. The molecule has 3 saturated heterocycles. The number of ether oxygens (including phenoxy) is 4. The van der Waals surface area contributed by atoms with Crippen molar-refractivity contribution in [2.45, 2.75) is 80.7 Å². The maximum Gasteiger partial charge on any atom is 0.242 e. The van der Waals surface area contributed by atoms with Gasteiger partial charge in [0.15, 0.2) is 23.1 Å². The smallest absolute Gasteiger partial charge is 0.242 e. The maximum absolute atomic E-state index is 14.5. The Morgan fingerprint density at radius 2 is 1.79 bits per heavy atom. The molecule has 0 aromatic heterocycles. The number of benzene rings is 3. The second kappa shape index (κ2) is 15.8. The predicted molar refractivity (Wildman–Crippen MR) is 196 cm³/mol. The Labute approximate surface area is 325 Å². The summed E-state index contributed by atoms with van der Waals surface area (Å²) in [6.07, 6.45) is -10.4. The lowest BCUT2D eigenvalue weighted by molar-refractivity contribution is -0.279. The summed E-state index contributed by atoms with van der Waals surface area (Å²) in [6, 6.07) is 12.6. The molecule has 302 valence electrons. The largest absolute Gasteiger partial charge is 0.486 e. The van der Waals surface area contributed by atoms with Gasteiger partial charge in [-0.25, -0.2) is 0 Å². The maximum atomic E-state index is 14.5. The highest BCUT2D eigenvalue weighted by Gasteiger charge is 2.48. The van der Waals surface area contributed by atoms with E-state index in [1.807, 2.05) is 23.1 Å². The van der Waals surface area contributed by atoms with Crippen molar-refractivity contribution in [2.75, 3.05) is 31.4 Å². The first-order valence-electron chi connectivity index (χ1n) is 18.6. The van der Waals surface area contributed by atoms with E-state index in [-0.39, 0.29) is 77.9 Å². The zero-order chi connectivity index (χ0) is 40.1. The summed E-state index contributed by atoms with van der Waals surface area (Å²) in [5, 5.41) is 62.6. The first kappa shape index (κ1) is 39.0. The number of hydrogen-bond acceptors (Lipinski definition) is 17. The van der Waals surface area contributed by atoms with Crippen molar-refractivity contribution in [1.29, 1.82) is 0 Å². The van der Waals surface area contributed by atoms with Crippen molar-refractivity contribution in [3.05, 3.63) is 87.5 Å². The van der Waals surface area contributed by atoms with Crippen LogP contribution in [0.2, 0.25) is 0 Å². The Hall–Kier alpha value is -4.86. The topological polar surface area (TPSA) is 272 Å². The monoisotopic (exact) mass is 789 g/mol. The van der Waals surface area contributed by atoms with Crippen LogP contribution in [0.15, 0.2) is 48.5 Å². The van der Waals surface area contributed by atoms with E-state index in [2.05, 4.69) is 16.0 Å². The fourth-order valence-corrected chi connectivity index (χ4v) is 8.20. The normalized spacial score (nSPS) is 30.1. The van der Waals surface area contributed by atoms with E-state index in [1.165, 1.54) is 24.3 Å². The van der Waals surface area contributed by atoms with Crippen LogP contribution in [-0.4, -0.2) is 131 Å². The third-order valence-corrected chi connectivity index (χ3v) is 11.1. The highest BCUT2D eigenvalue weighted by molar-refractivity contribution is 6.29. The third kappa shape index (κ3) is 6.97. The molecule has 10 N–H and O–H groups in total. The molecule has 3 aromatic rings. The van der Waals surface area contributed by atoms with Crippen molar-refractivity contribution in [2.24, 2.45) is 5.73 Å². The van der Waals surface area contributed by atoms with Gasteiger partial charge >= 0.3 is 0 Å². The van der Waals surface area contributed by atoms with Crippen LogP contribution >= 0.6 is 0 Å². The van der Waals surface area contributed by atoms with Gasteiger partial charge in [0, 0.05) is 46.9 Å². The molecule has 0 radical (unpaired) electrons. The first-order valence-corrected chi connectivity index (χ1v) is 18.6. The van der Waals surface area contributed by atoms with Gasteiger partial charge in [-0.05, 0) is 41.8 Å². The Morgan fingerprint density at radius 1 is 0.982 bits per heavy atom. The second-order valence-corrected chi connectivity index (χ2v) is 14.6. The molecule has 1 aliphatic carbocycles. The number of ketones is 2. The van der Waals surface area contributed by atoms with Crippen LogP contribution in [0.25, 0.3) is 0 Å². The van der Waals surface area contributed by atoms with Crippen molar-refractivity contribution in [1.82, 2.24) is 16.0 Å². The number of anilines is 1. The van der Waals surface area contributed by atoms with Crippen LogP contribution in [-0.2, 0) is 25.7 Å². The molecular weight excluding hydrogens is 746 g/mol. The van der Waals surface area contributed by atoms with Gasteiger partial charge in [-0.15, -0.1) is 0 Å². The van der Waals surface area contributed by atoms with Crippen molar-refractivity contribution in [3.63, 3.8) is 0 Å². The number of para-hydroxylation sites is 1. The number of aliphatic hydroxyl groups is 5. The Morgan fingerprint density at radius 3 is 2.58 bits per heavy atom. The number of nitrogens with zero attached hydrogens (tertiary/aromatic N) is 1. The van der Waals surface area contributed by atoms with Crippen LogP contribution in [0.4, 0.5) is 5.69 Å². The molecule has 18 heteroatoms. The van der Waals surface area contributed by atoms with Gasteiger partial charge in [-0.1, -0.05) is 24.3 Å². The molecule has 3 aromatic carbocycles. The number of fused-ring (bicyclic) bond motifs is 6. The minimum absolute atomic E-state index is 0.0184. The highest BCUT2D eigenvalue weighted by atomic mass is 16.7.